The van der Waals surface area contributed by atoms with Crippen molar-refractivity contribution >= 4 is 18.2 Å². The Bertz CT molecular complexity index is 652. The summed E-state index contributed by atoms with van der Waals surface area (Å²) in [6.07, 6.45) is 3.91. The molecule has 0 bridgehead atoms. The van der Waals surface area contributed by atoms with E-state index in [4.69, 9.17) is 5.73 Å². The summed E-state index contributed by atoms with van der Waals surface area (Å²) in [5, 5.41) is 0. The van der Waals surface area contributed by atoms with Crippen LogP contribution in [0, 0.1) is 6.92 Å². The van der Waals surface area contributed by atoms with Gasteiger partial charge in [0, 0.05) is 23.9 Å². The van der Waals surface area contributed by atoms with Crippen LogP contribution in [0.15, 0.2) is 36.5 Å². The highest BCUT2D eigenvalue weighted by Gasteiger charge is 2.22. The van der Waals surface area contributed by atoms with Gasteiger partial charge in [-0.15, -0.1) is 12.4 Å². The molecule has 3 nitrogen and oxygen atoms in total. The number of aryl methyl sites for hydroxylation is 2. The van der Waals surface area contributed by atoms with E-state index in [-0.39, 0.29) is 24.2 Å². The van der Waals surface area contributed by atoms with Crippen molar-refractivity contribution in [1.29, 1.82) is 0 Å². The van der Waals surface area contributed by atoms with Crippen LogP contribution in [-0.4, -0.2) is 16.8 Å². The van der Waals surface area contributed by atoms with Crippen molar-refractivity contribution in [2.45, 2.75) is 32.2 Å². The van der Waals surface area contributed by atoms with Gasteiger partial charge in [0.25, 0.3) is 0 Å². The lowest BCUT2D eigenvalue weighted by Gasteiger charge is -2.12. The summed E-state index contributed by atoms with van der Waals surface area (Å²) in [7, 11) is 0. The SMILES string of the molecule is Cc1ccc(-c2cccc3c2CC(=O)C(N)CC3)cn1.Cl. The summed E-state index contributed by atoms with van der Waals surface area (Å²) in [5.41, 5.74) is 11.4. The minimum atomic E-state index is -0.327. The lowest BCUT2D eigenvalue weighted by molar-refractivity contribution is -0.119. The molecule has 21 heavy (non-hydrogen) atoms. The Kier molecular flexibility index (Phi) is 4.76. The quantitative estimate of drug-likeness (QED) is 0.824. The summed E-state index contributed by atoms with van der Waals surface area (Å²) in [6.45, 7) is 1.97. The lowest BCUT2D eigenvalue weighted by Crippen LogP contribution is -2.30. The van der Waals surface area contributed by atoms with E-state index in [1.54, 1.807) is 0 Å². The first-order valence-corrected chi connectivity index (χ1v) is 6.97. The zero-order valence-electron chi connectivity index (χ0n) is 12.0. The van der Waals surface area contributed by atoms with Crippen LogP contribution >= 0.6 is 12.4 Å². The Morgan fingerprint density at radius 3 is 2.76 bits per heavy atom. The Hall–Kier alpha value is -1.71. The lowest BCUT2D eigenvalue weighted by atomic mass is 9.93. The number of carbonyl (C=O) groups is 1. The molecular formula is C17H19ClN2O. The highest BCUT2D eigenvalue weighted by molar-refractivity contribution is 5.89. The third-order valence-electron chi connectivity index (χ3n) is 3.98. The van der Waals surface area contributed by atoms with Crippen LogP contribution in [0.4, 0.5) is 0 Å². The van der Waals surface area contributed by atoms with Gasteiger partial charge in [-0.05, 0) is 42.5 Å². The Labute approximate surface area is 131 Å². The summed E-state index contributed by atoms with van der Waals surface area (Å²) in [5.74, 6) is 0.135. The van der Waals surface area contributed by atoms with Crippen LogP contribution in [0.3, 0.4) is 0 Å². The van der Waals surface area contributed by atoms with Gasteiger partial charge in [-0.2, -0.15) is 0 Å². The normalized spacial score (nSPS) is 17.6. The molecule has 1 heterocycles. The molecule has 2 N–H and O–H groups in total. The smallest absolute Gasteiger partial charge is 0.153 e. The van der Waals surface area contributed by atoms with Gasteiger partial charge in [-0.3, -0.25) is 9.78 Å². The molecular weight excluding hydrogens is 284 g/mol. The molecule has 0 radical (unpaired) electrons. The molecule has 0 amide bonds. The molecule has 0 spiro atoms. The molecule has 1 unspecified atom stereocenters. The molecule has 1 aromatic heterocycles. The number of halogens is 1. The third kappa shape index (κ3) is 3.14. The number of nitrogens with zero attached hydrogens (tertiary/aromatic N) is 1. The minimum Gasteiger partial charge on any atom is -0.321 e. The van der Waals surface area contributed by atoms with E-state index in [0.717, 1.165) is 35.2 Å². The highest BCUT2D eigenvalue weighted by Crippen LogP contribution is 2.29. The summed E-state index contributed by atoms with van der Waals surface area (Å²) in [4.78, 5) is 16.4. The third-order valence-corrected chi connectivity index (χ3v) is 3.98. The molecule has 0 saturated carbocycles. The van der Waals surface area contributed by atoms with Gasteiger partial charge < -0.3 is 5.73 Å². The minimum absolute atomic E-state index is 0. The van der Waals surface area contributed by atoms with Gasteiger partial charge >= 0.3 is 0 Å². The second-order valence-electron chi connectivity index (χ2n) is 5.42. The van der Waals surface area contributed by atoms with E-state index >= 15 is 0 Å². The first-order chi connectivity index (χ1) is 9.65. The predicted molar refractivity (Wildman–Crippen MR) is 86.7 cm³/mol. The van der Waals surface area contributed by atoms with Crippen molar-refractivity contribution in [2.24, 2.45) is 5.73 Å². The first-order valence-electron chi connectivity index (χ1n) is 6.97. The second-order valence-corrected chi connectivity index (χ2v) is 5.42. The fourth-order valence-corrected chi connectivity index (χ4v) is 2.75. The van der Waals surface area contributed by atoms with Crippen molar-refractivity contribution in [3.05, 3.63) is 53.3 Å². The molecule has 4 heteroatoms. The number of pyridine rings is 1. The van der Waals surface area contributed by atoms with Gasteiger partial charge in [0.05, 0.1) is 6.04 Å². The van der Waals surface area contributed by atoms with E-state index in [1.807, 2.05) is 19.2 Å². The number of fused-ring (bicyclic) bond motifs is 1. The van der Waals surface area contributed by atoms with E-state index in [9.17, 15) is 4.79 Å². The zero-order chi connectivity index (χ0) is 14.1. The van der Waals surface area contributed by atoms with E-state index in [2.05, 4.69) is 29.2 Å². The Balaban J connectivity index is 0.00000161. The maximum Gasteiger partial charge on any atom is 0.153 e. The fraction of sp³-hybridized carbons (Fsp3) is 0.294. The van der Waals surface area contributed by atoms with Gasteiger partial charge in [0.2, 0.25) is 0 Å². The number of nitrogens with two attached hydrogens (primary N) is 1. The van der Waals surface area contributed by atoms with Gasteiger partial charge in [-0.1, -0.05) is 24.3 Å². The standard InChI is InChI=1S/C17H18N2O.ClH/c1-11-5-6-13(10-19-11)14-4-2-3-12-7-8-16(18)17(20)9-15(12)14;/h2-6,10,16H,7-9,18H2,1H3;1H. The molecule has 110 valence electrons. The molecule has 1 aliphatic carbocycles. The average molecular weight is 303 g/mol. The summed E-state index contributed by atoms with van der Waals surface area (Å²) >= 11 is 0. The molecule has 3 rings (SSSR count). The molecule has 1 aliphatic rings. The molecule has 0 fully saturated rings. The Morgan fingerprint density at radius 2 is 2.05 bits per heavy atom. The maximum atomic E-state index is 12.1. The van der Waals surface area contributed by atoms with Gasteiger partial charge in [-0.25, -0.2) is 0 Å². The zero-order valence-corrected chi connectivity index (χ0v) is 12.8. The van der Waals surface area contributed by atoms with Crippen molar-refractivity contribution in [3.8, 4) is 11.1 Å². The van der Waals surface area contributed by atoms with E-state index in [0.29, 0.717) is 6.42 Å². The van der Waals surface area contributed by atoms with Crippen LogP contribution in [0.5, 0.6) is 0 Å². The molecule has 0 saturated heterocycles. The van der Waals surface area contributed by atoms with Crippen LogP contribution in [0.25, 0.3) is 11.1 Å². The van der Waals surface area contributed by atoms with Crippen LogP contribution in [-0.2, 0) is 17.6 Å². The molecule has 0 aliphatic heterocycles. The van der Waals surface area contributed by atoms with Crippen molar-refractivity contribution in [2.75, 3.05) is 0 Å². The molecule has 1 aromatic carbocycles. The number of aromatic nitrogens is 1. The number of hydrogen-bond donors (Lipinski definition) is 1. The first kappa shape index (κ1) is 15.7. The topological polar surface area (TPSA) is 56.0 Å². The van der Waals surface area contributed by atoms with E-state index < -0.39 is 0 Å². The second kappa shape index (κ2) is 6.37. The monoisotopic (exact) mass is 302 g/mol. The number of hydrogen-bond acceptors (Lipinski definition) is 3. The highest BCUT2D eigenvalue weighted by atomic mass is 35.5. The Morgan fingerprint density at radius 1 is 1.24 bits per heavy atom. The largest absolute Gasteiger partial charge is 0.321 e. The van der Waals surface area contributed by atoms with Crippen molar-refractivity contribution in [1.82, 2.24) is 4.98 Å². The number of ketones is 1. The maximum absolute atomic E-state index is 12.1. The number of rotatable bonds is 1. The summed E-state index contributed by atoms with van der Waals surface area (Å²) < 4.78 is 0. The number of carbonyl (C=O) groups excluding carboxylic acids is 1. The van der Waals surface area contributed by atoms with Crippen LogP contribution in [0.1, 0.15) is 23.2 Å². The predicted octanol–water partition coefficient (Wildman–Crippen LogP) is 2.86. The fourth-order valence-electron chi connectivity index (χ4n) is 2.75. The van der Waals surface area contributed by atoms with Crippen molar-refractivity contribution < 1.29 is 4.79 Å². The average Bonchev–Trinajstić information content (AvgIpc) is 2.60. The van der Waals surface area contributed by atoms with Crippen LogP contribution in [0.2, 0.25) is 0 Å². The van der Waals surface area contributed by atoms with Gasteiger partial charge in [0.15, 0.2) is 5.78 Å². The van der Waals surface area contributed by atoms with Gasteiger partial charge in [0.1, 0.15) is 0 Å². The molecule has 1 atom stereocenters. The van der Waals surface area contributed by atoms with Crippen molar-refractivity contribution in [3.63, 3.8) is 0 Å². The van der Waals surface area contributed by atoms with E-state index in [1.165, 1.54) is 5.56 Å². The van der Waals surface area contributed by atoms with Crippen LogP contribution < -0.4 is 5.73 Å². The summed E-state index contributed by atoms with van der Waals surface area (Å²) in [6, 6.07) is 9.95. The molecule has 2 aromatic rings. The number of Topliss-reactive ketones (excluding diaryl/α,β-unsaturated/α-hetero) is 1. The number of benzene rings is 1.